The third-order valence-corrected chi connectivity index (χ3v) is 2.59. The lowest BCUT2D eigenvalue weighted by atomic mass is 10.1. The topological polar surface area (TPSA) is 46.3 Å². The summed E-state index contributed by atoms with van der Waals surface area (Å²) < 4.78 is 0. The summed E-state index contributed by atoms with van der Waals surface area (Å²) in [6, 6.07) is 16.9. The molecule has 0 heterocycles. The van der Waals surface area contributed by atoms with Crippen molar-refractivity contribution in [1.29, 1.82) is 0 Å². The number of carbonyl (C=O) groups is 1. The third kappa shape index (κ3) is 2.52. The molecule has 0 saturated heterocycles. The van der Waals surface area contributed by atoms with Crippen molar-refractivity contribution in [3.8, 4) is 0 Å². The number of hydrogen-bond donors (Lipinski definition) is 1. The summed E-state index contributed by atoms with van der Waals surface area (Å²) in [5, 5.41) is 1.59. The lowest BCUT2D eigenvalue weighted by molar-refractivity contribution is 0.101. The Balaban J connectivity index is 2.26. The smallest absolute Gasteiger partial charge is 0.159 e. The number of hydrazine groups is 1. The second-order valence-electron chi connectivity index (χ2n) is 3.81. The highest BCUT2D eigenvalue weighted by Crippen LogP contribution is 2.21. The van der Waals surface area contributed by atoms with Crippen LogP contribution >= 0.6 is 0 Å². The minimum absolute atomic E-state index is 0.0554. The van der Waals surface area contributed by atoms with E-state index in [0.717, 1.165) is 11.4 Å². The van der Waals surface area contributed by atoms with Crippen LogP contribution < -0.4 is 10.9 Å². The van der Waals surface area contributed by atoms with Gasteiger partial charge in [0.2, 0.25) is 0 Å². The summed E-state index contributed by atoms with van der Waals surface area (Å²) in [4.78, 5) is 11.2. The molecular formula is C14H14N2O. The molecule has 0 spiro atoms. The van der Waals surface area contributed by atoms with E-state index < -0.39 is 0 Å². The van der Waals surface area contributed by atoms with Crippen LogP contribution in [0.3, 0.4) is 0 Å². The Kier molecular flexibility index (Phi) is 3.21. The molecule has 0 aromatic heterocycles. The summed E-state index contributed by atoms with van der Waals surface area (Å²) >= 11 is 0. The fraction of sp³-hybridized carbons (Fsp3) is 0.0714. The van der Waals surface area contributed by atoms with Crippen molar-refractivity contribution in [3.05, 3.63) is 60.2 Å². The molecule has 0 atom stereocenters. The number of nitrogens with two attached hydrogens (primary N) is 1. The quantitative estimate of drug-likeness (QED) is 0.497. The molecule has 0 fully saturated rings. The normalized spacial score (nSPS) is 10.0. The zero-order chi connectivity index (χ0) is 12.3. The average Bonchev–Trinajstić information content (AvgIpc) is 2.39. The molecule has 0 aliphatic heterocycles. The van der Waals surface area contributed by atoms with Gasteiger partial charge in [-0.15, -0.1) is 0 Å². The summed E-state index contributed by atoms with van der Waals surface area (Å²) in [6.07, 6.45) is 0. The first-order valence-corrected chi connectivity index (χ1v) is 5.39. The SMILES string of the molecule is CC(=O)c1ccc(N(N)c2ccccc2)cc1. The van der Waals surface area contributed by atoms with Crippen LogP contribution in [0, 0.1) is 0 Å². The number of para-hydroxylation sites is 1. The van der Waals surface area contributed by atoms with Crippen LogP contribution in [0.1, 0.15) is 17.3 Å². The predicted octanol–water partition coefficient (Wildman–Crippen LogP) is 2.90. The number of rotatable bonds is 3. The molecule has 2 rings (SSSR count). The molecule has 86 valence electrons. The molecule has 0 aliphatic rings. The van der Waals surface area contributed by atoms with E-state index in [0.29, 0.717) is 5.56 Å². The molecule has 2 aromatic rings. The van der Waals surface area contributed by atoms with Crippen molar-refractivity contribution in [2.45, 2.75) is 6.92 Å². The van der Waals surface area contributed by atoms with Crippen LogP contribution in [0.25, 0.3) is 0 Å². The van der Waals surface area contributed by atoms with Crippen LogP contribution in [-0.4, -0.2) is 5.78 Å². The van der Waals surface area contributed by atoms with Crippen LogP contribution in [0.5, 0.6) is 0 Å². The van der Waals surface area contributed by atoms with E-state index >= 15 is 0 Å². The van der Waals surface area contributed by atoms with Gasteiger partial charge in [0.25, 0.3) is 0 Å². The lowest BCUT2D eigenvalue weighted by Crippen LogP contribution is -2.24. The van der Waals surface area contributed by atoms with Crippen molar-refractivity contribution < 1.29 is 4.79 Å². The molecule has 0 bridgehead atoms. The van der Waals surface area contributed by atoms with Gasteiger partial charge in [0.15, 0.2) is 5.78 Å². The molecule has 17 heavy (non-hydrogen) atoms. The molecule has 3 heteroatoms. The number of anilines is 2. The molecule has 0 saturated carbocycles. The molecule has 0 unspecified atom stereocenters. The highest BCUT2D eigenvalue weighted by Gasteiger charge is 2.04. The first kappa shape index (κ1) is 11.4. The first-order chi connectivity index (χ1) is 8.18. The van der Waals surface area contributed by atoms with Gasteiger partial charge in [-0.05, 0) is 43.3 Å². The molecule has 2 N–H and O–H groups in total. The van der Waals surface area contributed by atoms with E-state index in [1.54, 1.807) is 24.1 Å². The number of ketones is 1. The Morgan fingerprint density at radius 2 is 1.47 bits per heavy atom. The van der Waals surface area contributed by atoms with E-state index in [-0.39, 0.29) is 5.78 Å². The molecule has 3 nitrogen and oxygen atoms in total. The summed E-state index contributed by atoms with van der Waals surface area (Å²) in [5.74, 6) is 6.05. The fourth-order valence-electron chi connectivity index (χ4n) is 1.59. The summed E-state index contributed by atoms with van der Waals surface area (Å²) in [5.41, 5.74) is 2.44. The molecule has 0 radical (unpaired) electrons. The highest BCUT2D eigenvalue weighted by molar-refractivity contribution is 5.94. The summed E-state index contributed by atoms with van der Waals surface area (Å²) in [6.45, 7) is 1.55. The second-order valence-corrected chi connectivity index (χ2v) is 3.81. The molecule has 0 amide bonds. The minimum Gasteiger partial charge on any atom is -0.295 e. The predicted molar refractivity (Wildman–Crippen MR) is 69.2 cm³/mol. The zero-order valence-corrected chi connectivity index (χ0v) is 9.63. The van der Waals surface area contributed by atoms with E-state index in [1.807, 2.05) is 42.5 Å². The Bertz CT molecular complexity index is 506. The van der Waals surface area contributed by atoms with Crippen molar-refractivity contribution in [2.75, 3.05) is 5.01 Å². The largest absolute Gasteiger partial charge is 0.295 e. The summed E-state index contributed by atoms with van der Waals surface area (Å²) in [7, 11) is 0. The van der Waals surface area contributed by atoms with Crippen molar-refractivity contribution in [2.24, 2.45) is 5.84 Å². The third-order valence-electron chi connectivity index (χ3n) is 2.59. The standard InChI is InChI=1S/C14H14N2O/c1-11(17)12-7-9-14(10-8-12)16(15)13-5-3-2-4-6-13/h2-10H,15H2,1H3. The van der Waals surface area contributed by atoms with Gasteiger partial charge in [-0.3, -0.25) is 9.80 Å². The van der Waals surface area contributed by atoms with Gasteiger partial charge in [-0.2, -0.15) is 0 Å². The van der Waals surface area contributed by atoms with E-state index in [9.17, 15) is 4.79 Å². The zero-order valence-electron chi connectivity index (χ0n) is 9.63. The van der Waals surface area contributed by atoms with Gasteiger partial charge in [-0.1, -0.05) is 18.2 Å². The Hall–Kier alpha value is -2.13. The molecular weight excluding hydrogens is 212 g/mol. The Labute approximate surface area is 100 Å². The van der Waals surface area contributed by atoms with E-state index in [2.05, 4.69) is 0 Å². The van der Waals surface area contributed by atoms with E-state index in [1.165, 1.54) is 0 Å². The monoisotopic (exact) mass is 226 g/mol. The average molecular weight is 226 g/mol. The maximum atomic E-state index is 11.2. The van der Waals surface area contributed by atoms with Crippen LogP contribution in [0.4, 0.5) is 11.4 Å². The molecule has 0 aliphatic carbocycles. The fourth-order valence-corrected chi connectivity index (χ4v) is 1.59. The maximum Gasteiger partial charge on any atom is 0.159 e. The van der Waals surface area contributed by atoms with E-state index in [4.69, 9.17) is 5.84 Å². The van der Waals surface area contributed by atoms with Gasteiger partial charge in [0.05, 0.1) is 11.4 Å². The lowest BCUT2D eigenvalue weighted by Gasteiger charge is -2.18. The van der Waals surface area contributed by atoms with Crippen molar-refractivity contribution in [3.63, 3.8) is 0 Å². The second kappa shape index (κ2) is 4.80. The van der Waals surface area contributed by atoms with Crippen LogP contribution in [0.15, 0.2) is 54.6 Å². The maximum absolute atomic E-state index is 11.2. The van der Waals surface area contributed by atoms with Crippen LogP contribution in [0.2, 0.25) is 0 Å². The first-order valence-electron chi connectivity index (χ1n) is 5.39. The Morgan fingerprint density at radius 3 is 2.00 bits per heavy atom. The van der Waals surface area contributed by atoms with Crippen LogP contribution in [-0.2, 0) is 0 Å². The Morgan fingerprint density at radius 1 is 0.941 bits per heavy atom. The number of carbonyl (C=O) groups excluding carboxylic acids is 1. The van der Waals surface area contributed by atoms with Gasteiger partial charge >= 0.3 is 0 Å². The van der Waals surface area contributed by atoms with Gasteiger partial charge in [0.1, 0.15) is 0 Å². The van der Waals surface area contributed by atoms with Crippen molar-refractivity contribution >= 4 is 17.2 Å². The van der Waals surface area contributed by atoms with Gasteiger partial charge in [0, 0.05) is 5.56 Å². The molecule has 2 aromatic carbocycles. The number of nitrogens with zero attached hydrogens (tertiary/aromatic N) is 1. The minimum atomic E-state index is 0.0554. The van der Waals surface area contributed by atoms with Crippen molar-refractivity contribution in [1.82, 2.24) is 0 Å². The van der Waals surface area contributed by atoms with Gasteiger partial charge in [-0.25, -0.2) is 5.84 Å². The number of Topliss-reactive ketones (excluding diaryl/α,β-unsaturated/α-hetero) is 1. The highest BCUT2D eigenvalue weighted by atomic mass is 16.1. The number of benzene rings is 2. The van der Waals surface area contributed by atoms with Gasteiger partial charge < -0.3 is 0 Å². The number of hydrogen-bond acceptors (Lipinski definition) is 3.